The first kappa shape index (κ1) is 14.1. The second kappa shape index (κ2) is 5.88. The van der Waals surface area contributed by atoms with Crippen molar-refractivity contribution in [1.82, 2.24) is 15.5 Å². The number of H-pyrrole nitrogens is 1. The normalized spacial score (nSPS) is 14.2. The van der Waals surface area contributed by atoms with Gasteiger partial charge in [-0.3, -0.25) is 9.59 Å². The van der Waals surface area contributed by atoms with Gasteiger partial charge in [0, 0.05) is 6.07 Å². The fourth-order valence-electron chi connectivity index (χ4n) is 2.15. The Bertz CT molecular complexity index is 736. The highest BCUT2D eigenvalue weighted by atomic mass is 16.6. The first-order chi connectivity index (χ1) is 10.6. The second-order valence-electron chi connectivity index (χ2n) is 4.90. The molecule has 0 aliphatic carbocycles. The molecule has 7 nitrogen and oxygen atoms in total. The summed E-state index contributed by atoms with van der Waals surface area (Å²) in [6.07, 6.45) is 0. The fourth-order valence-corrected chi connectivity index (χ4v) is 2.15. The maximum Gasteiger partial charge on any atom is 0.272 e. The molecule has 22 heavy (non-hydrogen) atoms. The topological polar surface area (TPSA) is 93.3 Å². The highest BCUT2D eigenvalue weighted by Gasteiger charge is 2.17. The van der Waals surface area contributed by atoms with E-state index in [9.17, 15) is 9.59 Å². The van der Waals surface area contributed by atoms with Crippen LogP contribution >= 0.6 is 0 Å². The van der Waals surface area contributed by atoms with E-state index in [0.717, 1.165) is 5.56 Å². The van der Waals surface area contributed by atoms with Gasteiger partial charge in [-0.05, 0) is 30.7 Å². The average Bonchev–Trinajstić information content (AvgIpc) is 2.55. The van der Waals surface area contributed by atoms with Crippen molar-refractivity contribution in [3.05, 3.63) is 51.9 Å². The van der Waals surface area contributed by atoms with Crippen molar-refractivity contribution in [1.29, 1.82) is 0 Å². The highest BCUT2D eigenvalue weighted by Crippen LogP contribution is 2.32. The van der Waals surface area contributed by atoms with E-state index in [-0.39, 0.29) is 23.2 Å². The van der Waals surface area contributed by atoms with Crippen molar-refractivity contribution >= 4 is 5.91 Å². The number of amides is 1. The van der Waals surface area contributed by atoms with Crippen LogP contribution in [-0.2, 0) is 0 Å². The number of benzene rings is 1. The first-order valence-corrected chi connectivity index (χ1v) is 6.89. The lowest BCUT2D eigenvalue weighted by Gasteiger charge is -2.21. The molecule has 2 aromatic rings. The van der Waals surface area contributed by atoms with Crippen LogP contribution in [0.25, 0.3) is 0 Å². The van der Waals surface area contributed by atoms with E-state index >= 15 is 0 Å². The van der Waals surface area contributed by atoms with E-state index in [1.807, 2.05) is 25.1 Å². The summed E-state index contributed by atoms with van der Waals surface area (Å²) in [6, 6.07) is 7.95. The van der Waals surface area contributed by atoms with Crippen molar-refractivity contribution in [3.63, 3.8) is 0 Å². The zero-order valence-corrected chi connectivity index (χ0v) is 12.0. The van der Waals surface area contributed by atoms with Gasteiger partial charge < -0.3 is 14.8 Å². The van der Waals surface area contributed by atoms with E-state index in [1.165, 1.54) is 12.1 Å². The lowest BCUT2D eigenvalue weighted by molar-refractivity contribution is 0.0933. The van der Waals surface area contributed by atoms with Gasteiger partial charge in [0.25, 0.3) is 11.5 Å². The van der Waals surface area contributed by atoms with Crippen molar-refractivity contribution in [2.75, 3.05) is 13.2 Å². The number of hydrogen-bond acceptors (Lipinski definition) is 5. The Morgan fingerprint density at radius 3 is 2.73 bits per heavy atom. The van der Waals surface area contributed by atoms with Gasteiger partial charge in [0.1, 0.15) is 18.9 Å². The van der Waals surface area contributed by atoms with Crippen LogP contribution in [0.1, 0.15) is 29.0 Å². The molecule has 7 heteroatoms. The standard InChI is InChI=1S/C15H15N3O4/c1-9(16-15(20)11-3-5-14(19)18-17-11)10-2-4-12-13(8-10)22-7-6-21-12/h2-5,8-9H,6-7H2,1H3,(H,16,20)(H,18,19)/t9-/m1/s1. The van der Waals surface area contributed by atoms with E-state index in [1.54, 1.807) is 0 Å². The van der Waals surface area contributed by atoms with Gasteiger partial charge in [-0.2, -0.15) is 5.10 Å². The maximum absolute atomic E-state index is 12.1. The number of rotatable bonds is 3. The number of carbonyl (C=O) groups excluding carboxylic acids is 1. The molecule has 0 radical (unpaired) electrons. The average molecular weight is 301 g/mol. The van der Waals surface area contributed by atoms with Crippen LogP contribution in [-0.4, -0.2) is 29.3 Å². The third-order valence-electron chi connectivity index (χ3n) is 3.33. The molecule has 1 atom stereocenters. The number of nitrogens with zero attached hydrogens (tertiary/aromatic N) is 1. The first-order valence-electron chi connectivity index (χ1n) is 6.89. The largest absolute Gasteiger partial charge is 0.486 e. The molecular weight excluding hydrogens is 286 g/mol. The van der Waals surface area contributed by atoms with E-state index in [4.69, 9.17) is 9.47 Å². The Balaban J connectivity index is 1.73. The minimum Gasteiger partial charge on any atom is -0.486 e. The number of aromatic nitrogens is 2. The number of hydrogen-bond donors (Lipinski definition) is 2. The molecule has 0 saturated carbocycles. The van der Waals surface area contributed by atoms with Crippen LogP contribution in [0.15, 0.2) is 35.1 Å². The minimum absolute atomic E-state index is 0.156. The Morgan fingerprint density at radius 1 is 1.23 bits per heavy atom. The summed E-state index contributed by atoms with van der Waals surface area (Å²) >= 11 is 0. The van der Waals surface area contributed by atoms with Crippen LogP contribution in [0.5, 0.6) is 11.5 Å². The Labute approximate surface area is 126 Å². The molecule has 1 aliphatic rings. The fraction of sp³-hybridized carbons (Fsp3) is 0.267. The summed E-state index contributed by atoms with van der Waals surface area (Å²) in [4.78, 5) is 23.0. The molecule has 0 unspecified atom stereocenters. The Kier molecular flexibility index (Phi) is 3.78. The van der Waals surface area contributed by atoms with Gasteiger partial charge in [-0.25, -0.2) is 5.10 Å². The number of fused-ring (bicyclic) bond motifs is 1. The molecule has 0 saturated heterocycles. The Hall–Kier alpha value is -2.83. The molecule has 1 aromatic heterocycles. The number of ether oxygens (including phenoxy) is 2. The van der Waals surface area contributed by atoms with E-state index < -0.39 is 0 Å². The predicted octanol–water partition coefficient (Wildman–Crippen LogP) is 1.03. The number of carbonyl (C=O) groups is 1. The van der Waals surface area contributed by atoms with Gasteiger partial charge >= 0.3 is 0 Å². The van der Waals surface area contributed by atoms with Crippen molar-refractivity contribution in [3.8, 4) is 11.5 Å². The molecular formula is C15H15N3O4. The van der Waals surface area contributed by atoms with Crippen LogP contribution in [0, 0.1) is 0 Å². The van der Waals surface area contributed by atoms with E-state index in [2.05, 4.69) is 15.5 Å². The van der Waals surface area contributed by atoms with Crippen LogP contribution in [0.3, 0.4) is 0 Å². The number of nitrogens with one attached hydrogen (secondary N) is 2. The molecule has 1 aliphatic heterocycles. The summed E-state index contributed by atoms with van der Waals surface area (Å²) in [6.45, 7) is 2.91. The third kappa shape index (κ3) is 2.93. The van der Waals surface area contributed by atoms with Crippen LogP contribution in [0.2, 0.25) is 0 Å². The van der Waals surface area contributed by atoms with Crippen molar-refractivity contribution in [2.45, 2.75) is 13.0 Å². The summed E-state index contributed by atoms with van der Waals surface area (Å²) in [5.74, 6) is 1.02. The molecule has 2 N–H and O–H groups in total. The summed E-state index contributed by atoms with van der Waals surface area (Å²) in [7, 11) is 0. The minimum atomic E-state index is -0.362. The highest BCUT2D eigenvalue weighted by molar-refractivity contribution is 5.92. The maximum atomic E-state index is 12.1. The van der Waals surface area contributed by atoms with Gasteiger partial charge in [-0.1, -0.05) is 6.07 Å². The predicted molar refractivity (Wildman–Crippen MR) is 78.2 cm³/mol. The molecule has 0 spiro atoms. The smallest absolute Gasteiger partial charge is 0.272 e. The molecule has 1 aromatic carbocycles. The second-order valence-corrected chi connectivity index (χ2v) is 4.90. The molecule has 0 bridgehead atoms. The monoisotopic (exact) mass is 301 g/mol. The summed E-state index contributed by atoms with van der Waals surface area (Å²) < 4.78 is 11.0. The zero-order chi connectivity index (χ0) is 15.5. The van der Waals surface area contributed by atoms with E-state index in [0.29, 0.717) is 24.7 Å². The van der Waals surface area contributed by atoms with Gasteiger partial charge in [-0.15, -0.1) is 0 Å². The summed E-state index contributed by atoms with van der Waals surface area (Å²) in [5.41, 5.74) is 0.697. The zero-order valence-electron chi connectivity index (χ0n) is 12.0. The lowest BCUT2D eigenvalue weighted by Crippen LogP contribution is -2.28. The van der Waals surface area contributed by atoms with Gasteiger partial charge in [0.15, 0.2) is 11.5 Å². The SMILES string of the molecule is C[C@@H](NC(=O)c1ccc(=O)[nH]n1)c1ccc2c(c1)OCCO2. The number of aromatic amines is 1. The Morgan fingerprint density at radius 2 is 2.00 bits per heavy atom. The molecule has 2 heterocycles. The molecule has 1 amide bonds. The third-order valence-corrected chi connectivity index (χ3v) is 3.33. The quantitative estimate of drug-likeness (QED) is 0.883. The van der Waals surface area contributed by atoms with Gasteiger partial charge in [0.05, 0.1) is 6.04 Å². The van der Waals surface area contributed by atoms with Gasteiger partial charge in [0.2, 0.25) is 0 Å². The van der Waals surface area contributed by atoms with Crippen LogP contribution < -0.4 is 20.3 Å². The summed E-state index contributed by atoms with van der Waals surface area (Å²) in [5, 5.41) is 8.75. The molecule has 114 valence electrons. The molecule has 0 fully saturated rings. The molecule has 3 rings (SSSR count). The van der Waals surface area contributed by atoms with Crippen molar-refractivity contribution in [2.24, 2.45) is 0 Å². The lowest BCUT2D eigenvalue weighted by atomic mass is 10.1. The van der Waals surface area contributed by atoms with Crippen molar-refractivity contribution < 1.29 is 14.3 Å². The van der Waals surface area contributed by atoms with Crippen LogP contribution in [0.4, 0.5) is 0 Å².